The molecule has 0 radical (unpaired) electrons. The molecule has 3 nitrogen and oxygen atoms in total. The smallest absolute Gasteiger partial charge is 0.0794 e. The third-order valence-corrected chi connectivity index (χ3v) is 5.70. The Kier molecular flexibility index (Phi) is 6.57. The molecular formula is C21H32N2O. The van der Waals surface area contributed by atoms with E-state index in [1.165, 1.54) is 69.0 Å². The normalized spacial score (nSPS) is 25.6. The number of hydrogen-bond acceptors (Lipinski definition) is 3. The number of rotatable bonds is 1. The molecule has 132 valence electrons. The fourth-order valence-electron chi connectivity index (χ4n) is 4.38. The van der Waals surface area contributed by atoms with Gasteiger partial charge in [-0.2, -0.15) is 0 Å². The van der Waals surface area contributed by atoms with E-state index in [1.54, 1.807) is 0 Å². The van der Waals surface area contributed by atoms with Crippen molar-refractivity contribution in [3.63, 3.8) is 0 Å². The first-order valence-corrected chi connectivity index (χ1v) is 9.95. The summed E-state index contributed by atoms with van der Waals surface area (Å²) in [5.41, 5.74) is 3.82. The maximum atomic E-state index is 9.71. The zero-order valence-corrected chi connectivity index (χ0v) is 14.9. The molecule has 1 fully saturated rings. The van der Waals surface area contributed by atoms with E-state index in [9.17, 15) is 5.21 Å². The fourth-order valence-corrected chi connectivity index (χ4v) is 4.38. The molecule has 1 unspecified atom stereocenters. The van der Waals surface area contributed by atoms with E-state index < -0.39 is 0 Å². The lowest BCUT2D eigenvalue weighted by atomic mass is 9.92. The summed E-state index contributed by atoms with van der Waals surface area (Å²) in [7, 11) is 0. The molecule has 3 rings (SSSR count). The maximum absolute atomic E-state index is 9.71. The van der Waals surface area contributed by atoms with Gasteiger partial charge in [0.1, 0.15) is 0 Å². The monoisotopic (exact) mass is 328 g/mol. The second-order valence-electron chi connectivity index (χ2n) is 7.40. The van der Waals surface area contributed by atoms with Gasteiger partial charge in [-0.25, -0.2) is 0 Å². The van der Waals surface area contributed by atoms with Gasteiger partial charge < -0.3 is 10.1 Å². The van der Waals surface area contributed by atoms with E-state index in [0.717, 1.165) is 31.5 Å². The molecule has 1 aromatic carbocycles. The molecular weight excluding hydrogens is 296 g/mol. The van der Waals surface area contributed by atoms with E-state index in [2.05, 4.69) is 34.3 Å². The SMILES string of the molecule is O/N=C1/CCCCCCCCCCC1N1CCCc2ccccc21. The number of fused-ring (bicyclic) bond motifs is 1. The van der Waals surface area contributed by atoms with Crippen molar-refractivity contribution in [2.75, 3.05) is 11.4 Å². The Balaban J connectivity index is 1.80. The molecule has 0 saturated heterocycles. The zero-order chi connectivity index (χ0) is 16.6. The number of para-hydroxylation sites is 1. The van der Waals surface area contributed by atoms with Gasteiger partial charge in [0.05, 0.1) is 11.8 Å². The molecule has 1 saturated carbocycles. The number of anilines is 1. The Morgan fingerprint density at radius 1 is 0.833 bits per heavy atom. The largest absolute Gasteiger partial charge is 0.411 e. The van der Waals surface area contributed by atoms with Crippen LogP contribution in [0.15, 0.2) is 29.4 Å². The molecule has 0 aromatic heterocycles. The van der Waals surface area contributed by atoms with Crippen LogP contribution in [0.25, 0.3) is 0 Å². The highest BCUT2D eigenvalue weighted by molar-refractivity contribution is 5.92. The summed E-state index contributed by atoms with van der Waals surface area (Å²) >= 11 is 0. The van der Waals surface area contributed by atoms with Crippen LogP contribution in [-0.4, -0.2) is 23.5 Å². The van der Waals surface area contributed by atoms with Crippen molar-refractivity contribution in [1.82, 2.24) is 0 Å². The average molecular weight is 328 g/mol. The molecule has 1 N–H and O–H groups in total. The first kappa shape index (κ1) is 17.3. The number of benzene rings is 1. The predicted molar refractivity (Wildman–Crippen MR) is 101 cm³/mol. The highest BCUT2D eigenvalue weighted by Gasteiger charge is 2.27. The van der Waals surface area contributed by atoms with Crippen LogP contribution in [0.4, 0.5) is 5.69 Å². The molecule has 1 aliphatic heterocycles. The van der Waals surface area contributed by atoms with Crippen molar-refractivity contribution in [1.29, 1.82) is 0 Å². The summed E-state index contributed by atoms with van der Waals surface area (Å²) in [5, 5.41) is 13.5. The second kappa shape index (κ2) is 9.10. The van der Waals surface area contributed by atoms with Crippen LogP contribution in [0.1, 0.15) is 76.2 Å². The Bertz CT molecular complexity index is 540. The van der Waals surface area contributed by atoms with Gasteiger partial charge in [-0.3, -0.25) is 0 Å². The summed E-state index contributed by atoms with van der Waals surface area (Å²) in [4.78, 5) is 2.53. The number of hydrogen-bond donors (Lipinski definition) is 1. The van der Waals surface area contributed by atoms with Crippen LogP contribution < -0.4 is 4.90 Å². The first-order chi connectivity index (χ1) is 11.9. The van der Waals surface area contributed by atoms with Gasteiger partial charge in [0.15, 0.2) is 0 Å². The second-order valence-corrected chi connectivity index (χ2v) is 7.40. The van der Waals surface area contributed by atoms with Crippen LogP contribution in [0.3, 0.4) is 0 Å². The highest BCUT2D eigenvalue weighted by Crippen LogP contribution is 2.31. The minimum absolute atomic E-state index is 0.274. The van der Waals surface area contributed by atoms with Gasteiger partial charge in [-0.05, 0) is 43.7 Å². The first-order valence-electron chi connectivity index (χ1n) is 9.95. The van der Waals surface area contributed by atoms with Crippen LogP contribution in [0.2, 0.25) is 0 Å². The summed E-state index contributed by atoms with van der Waals surface area (Å²) in [6, 6.07) is 9.06. The fraction of sp³-hybridized carbons (Fsp3) is 0.667. The number of nitrogens with zero attached hydrogens (tertiary/aromatic N) is 2. The van der Waals surface area contributed by atoms with E-state index in [0.29, 0.717) is 0 Å². The summed E-state index contributed by atoms with van der Waals surface area (Å²) in [5.74, 6) is 0. The Morgan fingerprint density at radius 2 is 1.54 bits per heavy atom. The van der Waals surface area contributed by atoms with E-state index in [-0.39, 0.29) is 6.04 Å². The molecule has 1 aliphatic carbocycles. The topological polar surface area (TPSA) is 35.8 Å². The van der Waals surface area contributed by atoms with E-state index in [1.807, 2.05) is 0 Å². The highest BCUT2D eigenvalue weighted by atomic mass is 16.4. The molecule has 1 heterocycles. The molecule has 0 bridgehead atoms. The quantitative estimate of drug-likeness (QED) is 0.541. The molecule has 0 amide bonds. The van der Waals surface area contributed by atoms with Gasteiger partial charge in [0, 0.05) is 12.2 Å². The third-order valence-electron chi connectivity index (χ3n) is 5.70. The molecule has 3 heteroatoms. The van der Waals surface area contributed by atoms with Gasteiger partial charge in [-0.1, -0.05) is 68.3 Å². The summed E-state index contributed by atoms with van der Waals surface area (Å²) in [6.07, 6.45) is 14.9. The van der Waals surface area contributed by atoms with Gasteiger partial charge >= 0.3 is 0 Å². The Morgan fingerprint density at radius 3 is 2.33 bits per heavy atom. The van der Waals surface area contributed by atoms with Crippen LogP contribution in [0, 0.1) is 0 Å². The third kappa shape index (κ3) is 4.31. The Labute approximate surface area is 146 Å². The van der Waals surface area contributed by atoms with Crippen LogP contribution in [-0.2, 0) is 6.42 Å². The van der Waals surface area contributed by atoms with Crippen LogP contribution >= 0.6 is 0 Å². The van der Waals surface area contributed by atoms with E-state index in [4.69, 9.17) is 0 Å². The lowest BCUT2D eigenvalue weighted by Gasteiger charge is -2.38. The molecule has 24 heavy (non-hydrogen) atoms. The lowest BCUT2D eigenvalue weighted by molar-refractivity contribution is 0.313. The minimum Gasteiger partial charge on any atom is -0.411 e. The van der Waals surface area contributed by atoms with Gasteiger partial charge in [0.25, 0.3) is 0 Å². The van der Waals surface area contributed by atoms with E-state index >= 15 is 0 Å². The van der Waals surface area contributed by atoms with Crippen molar-refractivity contribution in [2.24, 2.45) is 5.16 Å². The van der Waals surface area contributed by atoms with Crippen molar-refractivity contribution < 1.29 is 5.21 Å². The van der Waals surface area contributed by atoms with Gasteiger partial charge in [-0.15, -0.1) is 0 Å². The standard InChI is InChI=1S/C21H32N2O/c24-22-19-14-7-5-3-1-2-4-6-8-16-21(19)23-17-11-13-18-12-9-10-15-20(18)23/h9-10,12,15,21,24H,1-8,11,13-14,16-17H2/b22-19-. The predicted octanol–water partition coefficient (Wildman–Crippen LogP) is 5.55. The van der Waals surface area contributed by atoms with Crippen molar-refractivity contribution in [3.05, 3.63) is 29.8 Å². The van der Waals surface area contributed by atoms with Gasteiger partial charge in [0.2, 0.25) is 0 Å². The lowest BCUT2D eigenvalue weighted by Crippen LogP contribution is -2.44. The van der Waals surface area contributed by atoms with Crippen LogP contribution in [0.5, 0.6) is 0 Å². The van der Waals surface area contributed by atoms with Crippen molar-refractivity contribution in [2.45, 2.75) is 83.1 Å². The van der Waals surface area contributed by atoms with Crippen molar-refractivity contribution in [3.8, 4) is 0 Å². The number of oxime groups is 1. The Hall–Kier alpha value is -1.51. The molecule has 2 aliphatic rings. The zero-order valence-electron chi connectivity index (χ0n) is 14.9. The number of aryl methyl sites for hydroxylation is 1. The molecule has 1 atom stereocenters. The average Bonchev–Trinajstić information content (AvgIpc) is 2.62. The summed E-state index contributed by atoms with van der Waals surface area (Å²) < 4.78 is 0. The maximum Gasteiger partial charge on any atom is 0.0794 e. The molecule has 1 aromatic rings. The minimum atomic E-state index is 0.274. The summed E-state index contributed by atoms with van der Waals surface area (Å²) in [6.45, 7) is 1.08. The van der Waals surface area contributed by atoms with Crippen molar-refractivity contribution >= 4 is 11.4 Å². The molecule has 0 spiro atoms.